The largest absolute Gasteiger partial charge is 0.483 e. The standard InChI is InChI=1S/C32H41ClN6O2S.C22H27N3O6/c1-5-6-10-27(41)30-21(2)28-29(23-11-13-24(33)14-12-23)34-26(31-36-35-22(3)39(31)32(28)42-30)20-25(40)9-7-8-15-38-18-16-37(4)17-19-38;1-2-3-4-5-6-12-23-18(27)13-31-16-9-7-8-14-19(16)22(30)25(21(14)29)15-10-11-17(26)24-20(15)28/h11-14,26H,5-10,15-20H2,1-4H3;7-9,15H,2-6,10-13H2,1H3,(H,23,27)(H,24,26,28)/t26-;/m0./s1. The zero-order valence-electron chi connectivity index (χ0n) is 42.7. The zero-order chi connectivity index (χ0) is 52.2. The van der Waals surface area contributed by atoms with Crippen LogP contribution in [0.1, 0.15) is 169 Å². The van der Waals surface area contributed by atoms with E-state index in [1.54, 1.807) is 6.07 Å². The second-order valence-corrected chi connectivity index (χ2v) is 20.7. The van der Waals surface area contributed by atoms with E-state index in [1.165, 1.54) is 29.9 Å². The average molecular weight is 1040 g/mol. The van der Waals surface area contributed by atoms with Gasteiger partial charge in [0.1, 0.15) is 34.4 Å². The van der Waals surface area contributed by atoms with Crippen molar-refractivity contribution in [1.29, 1.82) is 0 Å². The second kappa shape index (κ2) is 25.8. The number of carbonyl (C=O) groups is 7. The van der Waals surface area contributed by atoms with Crippen LogP contribution in [0.3, 0.4) is 0 Å². The van der Waals surface area contributed by atoms with E-state index in [9.17, 15) is 33.6 Å². The van der Waals surface area contributed by atoms with Gasteiger partial charge in [-0.05, 0) is 89.4 Å². The minimum absolute atomic E-state index is 0.0320. The van der Waals surface area contributed by atoms with E-state index in [-0.39, 0.29) is 60.2 Å². The number of unbranched alkanes of at least 4 members (excludes halogenated alkanes) is 6. The summed E-state index contributed by atoms with van der Waals surface area (Å²) in [6.45, 7) is 13.9. The van der Waals surface area contributed by atoms with Crippen LogP contribution in [-0.2, 0) is 19.2 Å². The van der Waals surface area contributed by atoms with Gasteiger partial charge in [0, 0.05) is 74.6 Å². The average Bonchev–Trinajstić information content (AvgIpc) is 3.98. The first-order valence-corrected chi connectivity index (χ1v) is 27.0. The molecule has 2 saturated heterocycles. The van der Waals surface area contributed by atoms with Crippen molar-refractivity contribution in [2.45, 2.75) is 130 Å². The number of hydrogen-bond donors (Lipinski definition) is 2. The second-order valence-electron chi connectivity index (χ2n) is 19.2. The van der Waals surface area contributed by atoms with E-state index in [4.69, 9.17) is 21.3 Å². The predicted molar refractivity (Wildman–Crippen MR) is 280 cm³/mol. The SMILES string of the molecule is CCCCC(=O)c1sc2c(c1C)C(c1ccc(Cl)cc1)=N[C@@H](CC(=O)CCCCN1CCN(C)CC1)c1nnc(C)n1-2.CCCCCCCNC(=O)COc1cccc2c1C(=O)N(C1CCC(=O)NC1=O)C2=O. The van der Waals surface area contributed by atoms with Gasteiger partial charge in [0.25, 0.3) is 17.7 Å². The van der Waals surface area contributed by atoms with Crippen LogP contribution >= 0.6 is 22.9 Å². The lowest BCUT2D eigenvalue weighted by Crippen LogP contribution is -2.54. The van der Waals surface area contributed by atoms with Crippen molar-refractivity contribution in [3.05, 3.63) is 91.8 Å². The van der Waals surface area contributed by atoms with Crippen LogP contribution in [-0.4, -0.2) is 135 Å². The van der Waals surface area contributed by atoms with E-state index in [0.29, 0.717) is 30.2 Å². The van der Waals surface area contributed by atoms with Crippen LogP contribution < -0.4 is 15.4 Å². The van der Waals surface area contributed by atoms with Gasteiger partial charge in [-0.25, -0.2) is 0 Å². The monoisotopic (exact) mass is 1040 g/mol. The first-order chi connectivity index (χ1) is 35.2. The third kappa shape index (κ3) is 13.4. The highest BCUT2D eigenvalue weighted by molar-refractivity contribution is 7.17. The number of nitrogens with zero attached hydrogens (tertiary/aromatic N) is 7. The number of likely N-dealkylation sites (N-methyl/N-ethyl adjacent to an activating group) is 1. The summed E-state index contributed by atoms with van der Waals surface area (Å²) in [5, 5.41) is 15.4. The van der Waals surface area contributed by atoms with Gasteiger partial charge < -0.3 is 19.9 Å². The maximum absolute atomic E-state index is 13.3. The lowest BCUT2D eigenvalue weighted by Gasteiger charge is -2.32. The molecule has 19 heteroatoms. The van der Waals surface area contributed by atoms with E-state index in [0.717, 1.165) is 127 Å². The molecule has 0 saturated carbocycles. The number of ether oxygens (including phenoxy) is 1. The molecule has 4 aromatic rings. The first-order valence-electron chi connectivity index (χ1n) is 25.8. The lowest BCUT2D eigenvalue weighted by molar-refractivity contribution is -0.136. The minimum atomic E-state index is -1.05. The van der Waals surface area contributed by atoms with Crippen molar-refractivity contribution in [1.82, 2.24) is 40.1 Å². The minimum Gasteiger partial charge on any atom is -0.483 e. The van der Waals surface area contributed by atoms with Crippen molar-refractivity contribution in [3.8, 4) is 10.8 Å². The number of piperidine rings is 1. The molecule has 5 amide bonds. The summed E-state index contributed by atoms with van der Waals surface area (Å²) >= 11 is 7.73. The Bertz CT molecular complexity index is 2710. The molecule has 2 aromatic carbocycles. The summed E-state index contributed by atoms with van der Waals surface area (Å²) in [4.78, 5) is 99.6. The van der Waals surface area contributed by atoms with Crippen LogP contribution in [0.5, 0.6) is 5.75 Å². The molecule has 2 atom stereocenters. The molecule has 2 N–H and O–H groups in total. The number of Topliss-reactive ketones (excluding diaryl/α,β-unsaturated/α-hetero) is 2. The Hall–Kier alpha value is -5.95. The summed E-state index contributed by atoms with van der Waals surface area (Å²) in [5.74, 6) is -0.881. The molecule has 8 rings (SSSR count). The highest BCUT2D eigenvalue weighted by Gasteiger charge is 2.46. The topological polar surface area (TPSA) is 206 Å². The molecule has 0 spiro atoms. The molecule has 0 radical (unpaired) electrons. The maximum Gasteiger partial charge on any atom is 0.266 e. The number of imide groups is 2. The van der Waals surface area contributed by atoms with Gasteiger partial charge in [0.2, 0.25) is 11.8 Å². The van der Waals surface area contributed by atoms with E-state index in [1.807, 2.05) is 42.7 Å². The highest BCUT2D eigenvalue weighted by Crippen LogP contribution is 2.41. The highest BCUT2D eigenvalue weighted by atomic mass is 35.5. The number of hydrogen-bond acceptors (Lipinski definition) is 14. The normalized spacial score (nSPS) is 17.7. The number of rotatable bonds is 22. The number of nitrogens with one attached hydrogen (secondary N) is 2. The predicted octanol–water partition coefficient (Wildman–Crippen LogP) is 7.79. The van der Waals surface area contributed by atoms with Crippen LogP contribution in [0.2, 0.25) is 5.02 Å². The van der Waals surface area contributed by atoms with E-state index >= 15 is 0 Å². The molecule has 17 nitrogen and oxygen atoms in total. The van der Waals surface area contributed by atoms with Crippen molar-refractivity contribution in [3.63, 3.8) is 0 Å². The number of ketones is 2. The maximum atomic E-state index is 13.3. The molecule has 4 aliphatic rings. The molecule has 4 aliphatic heterocycles. The fourth-order valence-electron chi connectivity index (χ4n) is 9.54. The number of fused-ring (bicyclic) bond motifs is 4. The summed E-state index contributed by atoms with van der Waals surface area (Å²) in [6, 6.07) is 10.6. The summed E-state index contributed by atoms with van der Waals surface area (Å²) < 4.78 is 7.55. The lowest BCUT2D eigenvalue weighted by atomic mass is 9.98. The number of aryl methyl sites for hydroxylation is 1. The molecule has 1 unspecified atom stereocenters. The Morgan fingerprint density at radius 2 is 1.59 bits per heavy atom. The Labute approximate surface area is 436 Å². The number of thiophene rings is 1. The molecule has 0 bridgehead atoms. The third-order valence-electron chi connectivity index (χ3n) is 13.7. The number of piperazine rings is 1. The number of benzene rings is 2. The molecule has 6 heterocycles. The fourth-order valence-corrected chi connectivity index (χ4v) is 11.0. The smallest absolute Gasteiger partial charge is 0.266 e. The van der Waals surface area contributed by atoms with Crippen LogP contribution in [0.4, 0.5) is 0 Å². The number of aromatic nitrogens is 3. The van der Waals surface area contributed by atoms with Gasteiger partial charge in [0.05, 0.1) is 21.7 Å². The van der Waals surface area contributed by atoms with Gasteiger partial charge in [-0.2, -0.15) is 0 Å². The molecule has 0 aliphatic carbocycles. The van der Waals surface area contributed by atoms with Gasteiger partial charge >= 0.3 is 0 Å². The zero-order valence-corrected chi connectivity index (χ0v) is 44.3. The molecule has 2 fully saturated rings. The molecule has 73 heavy (non-hydrogen) atoms. The van der Waals surface area contributed by atoms with Crippen molar-refractivity contribution >= 4 is 69.8 Å². The van der Waals surface area contributed by atoms with Crippen molar-refractivity contribution in [2.75, 3.05) is 52.9 Å². The van der Waals surface area contributed by atoms with E-state index in [2.05, 4.69) is 51.5 Å². The Balaban J connectivity index is 0.000000224. The third-order valence-corrected chi connectivity index (χ3v) is 15.3. The Morgan fingerprint density at radius 1 is 0.849 bits per heavy atom. The summed E-state index contributed by atoms with van der Waals surface area (Å²) in [6.07, 6.45) is 10.6. The molecule has 390 valence electrons. The fraction of sp³-hybridized carbons (Fsp3) is 0.519. The number of halogens is 1. The Morgan fingerprint density at radius 3 is 2.32 bits per heavy atom. The first kappa shape index (κ1) is 54.8. The quantitative estimate of drug-likeness (QED) is 0.0440. The Kier molecular flexibility index (Phi) is 19.4. The van der Waals surface area contributed by atoms with Gasteiger partial charge in [0.15, 0.2) is 18.2 Å². The van der Waals surface area contributed by atoms with Crippen molar-refractivity contribution in [2.24, 2.45) is 4.99 Å². The van der Waals surface area contributed by atoms with Crippen LogP contribution in [0.15, 0.2) is 47.5 Å². The summed E-state index contributed by atoms with van der Waals surface area (Å²) in [5.41, 5.74) is 3.64. The molecular weight excluding hydrogens is 970 g/mol. The summed E-state index contributed by atoms with van der Waals surface area (Å²) in [7, 11) is 2.17. The van der Waals surface area contributed by atoms with Crippen LogP contribution in [0, 0.1) is 13.8 Å². The molecule has 2 aromatic heterocycles. The van der Waals surface area contributed by atoms with Crippen LogP contribution in [0.25, 0.3) is 5.00 Å². The van der Waals surface area contributed by atoms with Gasteiger partial charge in [-0.1, -0.05) is 75.8 Å². The number of amides is 5. The molecular formula is C54H68ClN9O8S. The van der Waals surface area contributed by atoms with Crippen molar-refractivity contribution < 1.29 is 38.3 Å². The van der Waals surface area contributed by atoms with Gasteiger partial charge in [-0.3, -0.25) is 53.3 Å². The van der Waals surface area contributed by atoms with Gasteiger partial charge in [-0.15, -0.1) is 21.5 Å². The van der Waals surface area contributed by atoms with E-state index < -0.39 is 35.7 Å². The number of aliphatic imine (C=N–C) groups is 1. The number of carbonyl (C=O) groups excluding carboxylic acids is 7.